The van der Waals surface area contributed by atoms with E-state index in [9.17, 15) is 24.9 Å². The van der Waals surface area contributed by atoms with E-state index in [4.69, 9.17) is 4.74 Å². The molecule has 0 spiro atoms. The van der Waals surface area contributed by atoms with Crippen LogP contribution in [0.2, 0.25) is 0 Å². The minimum atomic E-state index is -0.694. The minimum absolute atomic E-state index is 0.0242. The van der Waals surface area contributed by atoms with Crippen LogP contribution in [-0.4, -0.2) is 47.3 Å². The van der Waals surface area contributed by atoms with Crippen LogP contribution in [0, 0.1) is 0 Å². The van der Waals surface area contributed by atoms with Gasteiger partial charge in [-0.15, -0.1) is 0 Å². The van der Waals surface area contributed by atoms with E-state index in [0.29, 0.717) is 11.3 Å². The zero-order valence-electron chi connectivity index (χ0n) is 13.4. The summed E-state index contributed by atoms with van der Waals surface area (Å²) in [5.74, 6) is -2.37. The van der Waals surface area contributed by atoms with Crippen molar-refractivity contribution in [2.45, 2.75) is 0 Å². The number of para-hydroxylation sites is 1. The van der Waals surface area contributed by atoms with Crippen molar-refractivity contribution in [2.75, 3.05) is 20.2 Å². The van der Waals surface area contributed by atoms with Crippen LogP contribution in [0.3, 0.4) is 0 Å². The summed E-state index contributed by atoms with van der Waals surface area (Å²) >= 11 is 0. The molecule has 8 nitrogen and oxygen atoms in total. The Balaban J connectivity index is 1.87. The standard InChI is InChI=1S/C17H18N2O6/c1-25-14-5-3-2-4-11(14)17(24)19-7-6-18-16(23)10-8-12(20)15(22)13(21)9-10/h2-5,8-9,20-22H,6-7H2,1H3,(H,18,23)(H,19,24). The second kappa shape index (κ2) is 7.91. The van der Waals surface area contributed by atoms with Gasteiger partial charge in [-0.25, -0.2) is 0 Å². The Morgan fingerprint density at radius 1 is 0.960 bits per heavy atom. The van der Waals surface area contributed by atoms with Crippen LogP contribution in [0.5, 0.6) is 23.0 Å². The van der Waals surface area contributed by atoms with Crippen molar-refractivity contribution in [2.24, 2.45) is 0 Å². The molecule has 0 aliphatic heterocycles. The number of benzene rings is 2. The highest BCUT2D eigenvalue weighted by Gasteiger charge is 2.14. The maximum Gasteiger partial charge on any atom is 0.255 e. The second-order valence-corrected chi connectivity index (χ2v) is 5.08. The van der Waals surface area contributed by atoms with Gasteiger partial charge >= 0.3 is 0 Å². The van der Waals surface area contributed by atoms with Gasteiger partial charge < -0.3 is 30.7 Å². The van der Waals surface area contributed by atoms with E-state index in [-0.39, 0.29) is 24.6 Å². The van der Waals surface area contributed by atoms with Gasteiger partial charge in [0, 0.05) is 18.7 Å². The number of ether oxygens (including phenoxy) is 1. The summed E-state index contributed by atoms with van der Waals surface area (Å²) < 4.78 is 5.10. The molecule has 0 unspecified atom stereocenters. The first-order valence-electron chi connectivity index (χ1n) is 7.38. The van der Waals surface area contributed by atoms with Crippen molar-refractivity contribution in [3.63, 3.8) is 0 Å². The molecule has 2 rings (SSSR count). The molecule has 0 aliphatic carbocycles. The Morgan fingerprint density at radius 3 is 2.12 bits per heavy atom. The monoisotopic (exact) mass is 346 g/mol. The summed E-state index contributed by atoms with van der Waals surface area (Å²) in [6, 6.07) is 8.80. The third-order valence-corrected chi connectivity index (χ3v) is 3.38. The first-order valence-corrected chi connectivity index (χ1v) is 7.38. The summed E-state index contributed by atoms with van der Waals surface area (Å²) in [6.07, 6.45) is 0. The van der Waals surface area contributed by atoms with E-state index in [0.717, 1.165) is 12.1 Å². The predicted octanol–water partition coefficient (Wildman–Crippen LogP) is 0.972. The summed E-state index contributed by atoms with van der Waals surface area (Å²) in [7, 11) is 1.47. The lowest BCUT2D eigenvalue weighted by Crippen LogP contribution is -2.34. The van der Waals surface area contributed by atoms with E-state index >= 15 is 0 Å². The molecule has 2 aromatic rings. The van der Waals surface area contributed by atoms with Crippen molar-refractivity contribution < 1.29 is 29.6 Å². The highest BCUT2D eigenvalue weighted by atomic mass is 16.5. The van der Waals surface area contributed by atoms with E-state index in [1.807, 2.05) is 0 Å². The second-order valence-electron chi connectivity index (χ2n) is 5.08. The lowest BCUT2D eigenvalue weighted by atomic mass is 10.1. The fraction of sp³-hybridized carbons (Fsp3) is 0.176. The van der Waals surface area contributed by atoms with Crippen LogP contribution in [0.25, 0.3) is 0 Å². The molecular weight excluding hydrogens is 328 g/mol. The predicted molar refractivity (Wildman–Crippen MR) is 89.1 cm³/mol. The zero-order valence-corrected chi connectivity index (χ0v) is 13.4. The number of amides is 2. The van der Waals surface area contributed by atoms with Crippen molar-refractivity contribution in [1.82, 2.24) is 10.6 Å². The van der Waals surface area contributed by atoms with Crippen LogP contribution in [0.15, 0.2) is 36.4 Å². The quantitative estimate of drug-likeness (QED) is 0.392. The zero-order chi connectivity index (χ0) is 18.4. The van der Waals surface area contributed by atoms with E-state index in [1.165, 1.54) is 7.11 Å². The van der Waals surface area contributed by atoms with Gasteiger partial charge in [-0.1, -0.05) is 12.1 Å². The fourth-order valence-electron chi connectivity index (χ4n) is 2.12. The highest BCUT2D eigenvalue weighted by molar-refractivity contribution is 5.97. The molecule has 0 aromatic heterocycles. The SMILES string of the molecule is COc1ccccc1C(=O)NCCNC(=O)c1cc(O)c(O)c(O)c1. The summed E-state index contributed by atoms with van der Waals surface area (Å²) in [6.45, 7) is 0.292. The Labute approximate surface area is 143 Å². The van der Waals surface area contributed by atoms with Gasteiger partial charge in [0.15, 0.2) is 17.2 Å². The molecule has 0 fully saturated rings. The number of phenolic OH excluding ortho intramolecular Hbond substituents is 3. The molecule has 2 aromatic carbocycles. The van der Waals surface area contributed by atoms with Crippen LogP contribution in [-0.2, 0) is 0 Å². The Morgan fingerprint density at radius 2 is 1.52 bits per heavy atom. The van der Waals surface area contributed by atoms with Crippen molar-refractivity contribution in [3.8, 4) is 23.0 Å². The van der Waals surface area contributed by atoms with Crippen molar-refractivity contribution in [3.05, 3.63) is 47.5 Å². The van der Waals surface area contributed by atoms with E-state index in [2.05, 4.69) is 10.6 Å². The maximum absolute atomic E-state index is 12.1. The first kappa shape index (κ1) is 17.9. The van der Waals surface area contributed by atoms with Crippen molar-refractivity contribution in [1.29, 1.82) is 0 Å². The van der Waals surface area contributed by atoms with Crippen LogP contribution < -0.4 is 15.4 Å². The molecule has 0 aliphatic rings. The molecule has 8 heteroatoms. The maximum atomic E-state index is 12.1. The number of aromatic hydroxyl groups is 3. The van der Waals surface area contributed by atoms with Gasteiger partial charge in [-0.05, 0) is 24.3 Å². The Bertz CT molecular complexity index is 767. The molecule has 0 heterocycles. The minimum Gasteiger partial charge on any atom is -0.504 e. The Hall–Kier alpha value is -3.42. The van der Waals surface area contributed by atoms with Crippen LogP contribution in [0.4, 0.5) is 0 Å². The number of methoxy groups -OCH3 is 1. The fourth-order valence-corrected chi connectivity index (χ4v) is 2.12. The molecule has 0 atom stereocenters. The molecule has 25 heavy (non-hydrogen) atoms. The average Bonchev–Trinajstić information content (AvgIpc) is 2.62. The first-order chi connectivity index (χ1) is 11.9. The molecule has 2 amide bonds. The lowest BCUT2D eigenvalue weighted by molar-refractivity contribution is 0.0925. The van der Waals surface area contributed by atoms with Gasteiger partial charge in [0.2, 0.25) is 0 Å². The van der Waals surface area contributed by atoms with E-state index in [1.54, 1.807) is 24.3 Å². The third-order valence-electron chi connectivity index (χ3n) is 3.38. The number of nitrogens with one attached hydrogen (secondary N) is 2. The third kappa shape index (κ3) is 4.31. The smallest absolute Gasteiger partial charge is 0.255 e. The highest BCUT2D eigenvalue weighted by Crippen LogP contribution is 2.35. The summed E-state index contributed by atoms with van der Waals surface area (Å²) in [4.78, 5) is 24.0. The normalized spacial score (nSPS) is 10.1. The van der Waals surface area contributed by atoms with Crippen LogP contribution >= 0.6 is 0 Å². The number of hydrogen-bond donors (Lipinski definition) is 5. The number of carbonyl (C=O) groups is 2. The lowest BCUT2D eigenvalue weighted by Gasteiger charge is -2.10. The van der Waals surface area contributed by atoms with Gasteiger partial charge in [0.05, 0.1) is 12.7 Å². The molecule has 0 radical (unpaired) electrons. The average molecular weight is 346 g/mol. The number of rotatable bonds is 6. The molecule has 0 saturated heterocycles. The molecule has 0 saturated carbocycles. The molecule has 0 bridgehead atoms. The van der Waals surface area contributed by atoms with Crippen molar-refractivity contribution >= 4 is 11.8 Å². The summed E-state index contributed by atoms with van der Waals surface area (Å²) in [5.41, 5.74) is 0.355. The number of phenols is 3. The van der Waals surface area contributed by atoms with Gasteiger partial charge in [-0.2, -0.15) is 0 Å². The topological polar surface area (TPSA) is 128 Å². The Kier molecular flexibility index (Phi) is 5.67. The largest absolute Gasteiger partial charge is 0.504 e. The molecule has 132 valence electrons. The van der Waals surface area contributed by atoms with Gasteiger partial charge in [0.25, 0.3) is 11.8 Å². The molecule has 5 N–H and O–H groups in total. The number of carbonyl (C=O) groups excluding carboxylic acids is 2. The number of hydrogen-bond acceptors (Lipinski definition) is 6. The van der Waals surface area contributed by atoms with Gasteiger partial charge in [-0.3, -0.25) is 9.59 Å². The molecular formula is C17H18N2O6. The van der Waals surface area contributed by atoms with Crippen LogP contribution in [0.1, 0.15) is 20.7 Å². The van der Waals surface area contributed by atoms with Gasteiger partial charge in [0.1, 0.15) is 5.75 Å². The van der Waals surface area contributed by atoms with E-state index < -0.39 is 23.2 Å². The summed E-state index contributed by atoms with van der Waals surface area (Å²) in [5, 5.41) is 33.2.